The first-order valence-corrected chi connectivity index (χ1v) is 3.17. The van der Waals surface area contributed by atoms with E-state index in [1.54, 1.807) is 0 Å². The minimum atomic E-state index is -4.88. The number of aromatic carboxylic acids is 1. The first-order chi connectivity index (χ1) is 5.84. The SMILES string of the molecule is O=C(O)c1onc(Cl)c1C(F)(F)F. The van der Waals surface area contributed by atoms with Gasteiger partial charge in [0.1, 0.15) is 5.56 Å². The summed E-state index contributed by atoms with van der Waals surface area (Å²) in [5, 5.41) is 9.93. The van der Waals surface area contributed by atoms with Gasteiger partial charge in [0, 0.05) is 0 Å². The second-order valence-electron chi connectivity index (χ2n) is 1.98. The summed E-state index contributed by atoms with van der Waals surface area (Å²) >= 11 is 4.99. The molecule has 1 rings (SSSR count). The van der Waals surface area contributed by atoms with E-state index in [4.69, 9.17) is 16.7 Å². The summed E-state index contributed by atoms with van der Waals surface area (Å²) in [4.78, 5) is 10.2. The Balaban J connectivity index is 3.33. The van der Waals surface area contributed by atoms with E-state index in [1.807, 2.05) is 0 Å². The van der Waals surface area contributed by atoms with Crippen LogP contribution in [0.2, 0.25) is 5.15 Å². The van der Waals surface area contributed by atoms with Crippen LogP contribution in [0, 0.1) is 0 Å². The van der Waals surface area contributed by atoms with Crippen molar-refractivity contribution in [2.75, 3.05) is 0 Å². The van der Waals surface area contributed by atoms with Gasteiger partial charge in [-0.05, 0) is 0 Å². The molecule has 0 bridgehead atoms. The molecule has 0 fully saturated rings. The van der Waals surface area contributed by atoms with Crippen molar-refractivity contribution in [1.29, 1.82) is 0 Å². The molecule has 0 aliphatic rings. The number of carboxylic acid groups (broad SMARTS) is 1. The number of rotatable bonds is 1. The summed E-state index contributed by atoms with van der Waals surface area (Å²) < 4.78 is 40.0. The zero-order chi connectivity index (χ0) is 10.2. The van der Waals surface area contributed by atoms with Crippen LogP contribution in [-0.2, 0) is 6.18 Å². The molecule has 0 aromatic carbocycles. The van der Waals surface area contributed by atoms with Crippen LogP contribution in [0.25, 0.3) is 0 Å². The molecule has 0 atom stereocenters. The van der Waals surface area contributed by atoms with E-state index < -0.39 is 28.6 Å². The average molecular weight is 216 g/mol. The highest BCUT2D eigenvalue weighted by atomic mass is 35.5. The largest absolute Gasteiger partial charge is 0.475 e. The molecule has 0 radical (unpaired) electrons. The van der Waals surface area contributed by atoms with Gasteiger partial charge in [0.25, 0.3) is 5.76 Å². The fourth-order valence-electron chi connectivity index (χ4n) is 0.662. The Kier molecular flexibility index (Phi) is 2.21. The quantitative estimate of drug-likeness (QED) is 0.779. The van der Waals surface area contributed by atoms with Gasteiger partial charge in [-0.3, -0.25) is 0 Å². The Hall–Kier alpha value is -1.24. The van der Waals surface area contributed by atoms with Crippen molar-refractivity contribution in [3.05, 3.63) is 16.5 Å². The zero-order valence-electron chi connectivity index (χ0n) is 5.72. The van der Waals surface area contributed by atoms with Gasteiger partial charge in [-0.2, -0.15) is 13.2 Å². The molecule has 0 unspecified atom stereocenters. The first-order valence-electron chi connectivity index (χ1n) is 2.79. The molecule has 72 valence electrons. The summed E-state index contributed by atoms with van der Waals surface area (Å²) in [6.07, 6.45) is -4.88. The lowest BCUT2D eigenvalue weighted by molar-refractivity contribution is -0.138. The van der Waals surface area contributed by atoms with Crippen LogP contribution in [0.4, 0.5) is 13.2 Å². The number of aromatic nitrogens is 1. The zero-order valence-corrected chi connectivity index (χ0v) is 6.48. The maximum Gasteiger partial charge on any atom is 0.423 e. The Morgan fingerprint density at radius 2 is 2.08 bits per heavy atom. The minimum absolute atomic E-state index is 1.01. The maximum atomic E-state index is 12.1. The summed E-state index contributed by atoms with van der Waals surface area (Å²) in [7, 11) is 0. The number of alkyl halides is 3. The van der Waals surface area contributed by atoms with Gasteiger partial charge >= 0.3 is 12.1 Å². The van der Waals surface area contributed by atoms with Crippen molar-refractivity contribution in [2.24, 2.45) is 0 Å². The molecule has 0 aliphatic carbocycles. The normalized spacial score (nSPS) is 11.7. The van der Waals surface area contributed by atoms with Crippen molar-refractivity contribution in [3.63, 3.8) is 0 Å². The standard InChI is InChI=1S/C5HClF3NO3/c6-3-1(5(7,8)9)2(4(11)12)13-10-3/h(H,11,12). The Labute approximate surface area is 73.9 Å². The van der Waals surface area contributed by atoms with Crippen LogP contribution in [0.1, 0.15) is 16.1 Å². The van der Waals surface area contributed by atoms with E-state index >= 15 is 0 Å². The summed E-state index contributed by atoms with van der Waals surface area (Å²) in [6.45, 7) is 0. The van der Waals surface area contributed by atoms with E-state index in [0.29, 0.717) is 0 Å². The first kappa shape index (κ1) is 9.85. The number of halogens is 4. The molecule has 4 nitrogen and oxygen atoms in total. The van der Waals surface area contributed by atoms with E-state index in [9.17, 15) is 18.0 Å². The highest BCUT2D eigenvalue weighted by Crippen LogP contribution is 2.36. The number of nitrogens with zero attached hydrogens (tertiary/aromatic N) is 1. The molecule has 1 N–H and O–H groups in total. The fraction of sp³-hybridized carbons (Fsp3) is 0.200. The Morgan fingerprint density at radius 1 is 1.54 bits per heavy atom. The second-order valence-corrected chi connectivity index (χ2v) is 2.34. The van der Waals surface area contributed by atoms with Crippen LogP contribution in [0.3, 0.4) is 0 Å². The molecule has 13 heavy (non-hydrogen) atoms. The van der Waals surface area contributed by atoms with Crippen molar-refractivity contribution >= 4 is 17.6 Å². The minimum Gasteiger partial charge on any atom is -0.475 e. The molecule has 0 amide bonds. The van der Waals surface area contributed by atoms with Crippen molar-refractivity contribution in [1.82, 2.24) is 5.16 Å². The summed E-state index contributed by atoms with van der Waals surface area (Å²) in [6, 6.07) is 0. The van der Waals surface area contributed by atoms with Crippen molar-refractivity contribution < 1.29 is 27.6 Å². The molecule has 1 aromatic heterocycles. The lowest BCUT2D eigenvalue weighted by Gasteiger charge is -2.02. The molecule has 8 heteroatoms. The smallest absolute Gasteiger partial charge is 0.423 e. The Morgan fingerprint density at radius 3 is 2.38 bits per heavy atom. The fourth-order valence-corrected chi connectivity index (χ4v) is 0.890. The molecular weight excluding hydrogens is 215 g/mol. The van der Waals surface area contributed by atoms with Gasteiger partial charge in [0.05, 0.1) is 0 Å². The predicted octanol–water partition coefficient (Wildman–Crippen LogP) is 2.04. The average Bonchev–Trinajstić information content (AvgIpc) is 2.28. The van der Waals surface area contributed by atoms with Gasteiger partial charge < -0.3 is 9.63 Å². The molecule has 1 aromatic rings. The second kappa shape index (κ2) is 2.91. The van der Waals surface area contributed by atoms with Gasteiger partial charge in [-0.1, -0.05) is 16.8 Å². The third kappa shape index (κ3) is 1.74. The van der Waals surface area contributed by atoms with Crippen LogP contribution in [0.15, 0.2) is 4.52 Å². The highest BCUT2D eigenvalue weighted by molar-refractivity contribution is 6.30. The van der Waals surface area contributed by atoms with Crippen LogP contribution >= 0.6 is 11.6 Å². The van der Waals surface area contributed by atoms with Crippen LogP contribution < -0.4 is 0 Å². The predicted molar refractivity (Wildman–Crippen MR) is 33.5 cm³/mol. The number of carboxylic acids is 1. The monoisotopic (exact) mass is 215 g/mol. The lowest BCUT2D eigenvalue weighted by Crippen LogP contribution is -2.10. The molecular formula is C5HClF3NO3. The summed E-state index contributed by atoms with van der Waals surface area (Å²) in [5.74, 6) is -3.18. The van der Waals surface area contributed by atoms with Gasteiger partial charge in [0.2, 0.25) is 0 Å². The number of carbonyl (C=O) groups is 1. The molecule has 0 saturated carbocycles. The third-order valence-corrected chi connectivity index (χ3v) is 1.39. The third-order valence-electron chi connectivity index (χ3n) is 1.13. The van der Waals surface area contributed by atoms with E-state index in [-0.39, 0.29) is 0 Å². The van der Waals surface area contributed by atoms with E-state index in [1.165, 1.54) is 0 Å². The molecule has 0 saturated heterocycles. The highest BCUT2D eigenvalue weighted by Gasteiger charge is 2.42. The van der Waals surface area contributed by atoms with Gasteiger partial charge in [-0.15, -0.1) is 0 Å². The topological polar surface area (TPSA) is 63.3 Å². The van der Waals surface area contributed by atoms with Crippen LogP contribution in [-0.4, -0.2) is 16.2 Å². The van der Waals surface area contributed by atoms with Crippen molar-refractivity contribution in [2.45, 2.75) is 6.18 Å². The Bertz CT molecular complexity index is 345. The maximum absolute atomic E-state index is 12.1. The van der Waals surface area contributed by atoms with Crippen molar-refractivity contribution in [3.8, 4) is 0 Å². The lowest BCUT2D eigenvalue weighted by atomic mass is 10.2. The molecule has 0 spiro atoms. The van der Waals surface area contributed by atoms with Gasteiger partial charge in [0.15, 0.2) is 5.15 Å². The summed E-state index contributed by atoms with van der Waals surface area (Å²) in [5.41, 5.74) is -1.57. The number of hydrogen-bond donors (Lipinski definition) is 1. The molecule has 0 aliphatic heterocycles. The van der Waals surface area contributed by atoms with E-state index in [0.717, 1.165) is 0 Å². The van der Waals surface area contributed by atoms with Gasteiger partial charge in [-0.25, -0.2) is 4.79 Å². The van der Waals surface area contributed by atoms with Crippen LogP contribution in [0.5, 0.6) is 0 Å². The van der Waals surface area contributed by atoms with E-state index in [2.05, 4.69) is 9.68 Å². The molecule has 1 heterocycles. The number of hydrogen-bond acceptors (Lipinski definition) is 3.